The predicted octanol–water partition coefficient (Wildman–Crippen LogP) is 3.16. The summed E-state index contributed by atoms with van der Waals surface area (Å²) in [6.45, 7) is 2.15. The summed E-state index contributed by atoms with van der Waals surface area (Å²) in [6.07, 6.45) is 13.3. The topological polar surface area (TPSA) is 81.8 Å². The summed E-state index contributed by atoms with van der Waals surface area (Å²) in [7, 11) is 0. The minimum absolute atomic E-state index is 0.0253. The van der Waals surface area contributed by atoms with Crippen LogP contribution < -0.4 is 11.0 Å². The molecule has 0 aliphatic heterocycles. The summed E-state index contributed by atoms with van der Waals surface area (Å²) < 4.78 is 3.08. The Hall–Kier alpha value is -2.44. The average Bonchev–Trinajstić information content (AvgIpc) is 3.52. The molecule has 7 nitrogen and oxygen atoms in total. The quantitative estimate of drug-likeness (QED) is 0.777. The second-order valence-electron chi connectivity index (χ2n) is 10.7. The van der Waals surface area contributed by atoms with Gasteiger partial charge in [-0.2, -0.15) is 0 Å². The van der Waals surface area contributed by atoms with Gasteiger partial charge in [-0.25, -0.2) is 9.48 Å². The van der Waals surface area contributed by atoms with E-state index < -0.39 is 0 Å². The first-order valence-electron chi connectivity index (χ1n) is 11.9. The van der Waals surface area contributed by atoms with E-state index in [1.54, 1.807) is 17.0 Å². The van der Waals surface area contributed by atoms with Crippen LogP contribution in [-0.2, 0) is 11.3 Å². The molecular weight excluding hydrogens is 390 g/mol. The molecule has 1 atom stereocenters. The zero-order valence-corrected chi connectivity index (χ0v) is 18.2. The van der Waals surface area contributed by atoms with Crippen molar-refractivity contribution in [3.63, 3.8) is 0 Å². The smallest absolute Gasteiger partial charge is 0.346 e. The molecule has 7 rings (SSSR count). The second-order valence-corrected chi connectivity index (χ2v) is 10.7. The number of carbonyl (C=O) groups is 1. The van der Waals surface area contributed by atoms with Crippen LogP contribution in [0, 0.1) is 23.2 Å². The molecule has 31 heavy (non-hydrogen) atoms. The van der Waals surface area contributed by atoms with Crippen molar-refractivity contribution in [1.82, 2.24) is 24.6 Å². The third-order valence-corrected chi connectivity index (χ3v) is 8.38. The molecule has 164 valence electrons. The number of aromatic nitrogens is 4. The predicted molar refractivity (Wildman–Crippen MR) is 116 cm³/mol. The van der Waals surface area contributed by atoms with E-state index >= 15 is 0 Å². The minimum Gasteiger partial charge on any atom is -0.351 e. The van der Waals surface area contributed by atoms with Crippen LogP contribution >= 0.6 is 0 Å². The Morgan fingerprint density at radius 1 is 1.19 bits per heavy atom. The number of carbonyl (C=O) groups excluding carboxylic acids is 1. The van der Waals surface area contributed by atoms with E-state index in [2.05, 4.69) is 22.3 Å². The summed E-state index contributed by atoms with van der Waals surface area (Å²) in [5.41, 5.74) is 0.871. The van der Waals surface area contributed by atoms with Crippen molar-refractivity contribution in [3.05, 3.63) is 35.0 Å². The van der Waals surface area contributed by atoms with Gasteiger partial charge in [-0.05, 0) is 93.6 Å². The third-order valence-electron chi connectivity index (χ3n) is 8.38. The maximum absolute atomic E-state index is 13.1. The highest BCUT2D eigenvalue weighted by Crippen LogP contribution is 2.61. The maximum Gasteiger partial charge on any atom is 0.346 e. The van der Waals surface area contributed by atoms with Gasteiger partial charge in [0.1, 0.15) is 6.54 Å². The van der Waals surface area contributed by atoms with Crippen LogP contribution in [0.5, 0.6) is 0 Å². The molecule has 2 aromatic rings. The summed E-state index contributed by atoms with van der Waals surface area (Å²) in [4.78, 5) is 30.2. The van der Waals surface area contributed by atoms with Gasteiger partial charge in [0.2, 0.25) is 5.91 Å². The molecule has 5 fully saturated rings. The van der Waals surface area contributed by atoms with E-state index in [1.807, 2.05) is 12.1 Å². The van der Waals surface area contributed by atoms with Crippen LogP contribution in [-0.4, -0.2) is 31.3 Å². The Labute approximate surface area is 182 Å². The third kappa shape index (κ3) is 3.33. The van der Waals surface area contributed by atoms with Crippen molar-refractivity contribution < 1.29 is 4.79 Å². The van der Waals surface area contributed by atoms with Crippen molar-refractivity contribution in [1.29, 1.82) is 0 Å². The molecule has 1 N–H and O–H groups in total. The molecule has 1 amide bonds. The summed E-state index contributed by atoms with van der Waals surface area (Å²) in [6, 6.07) is 4.08. The van der Waals surface area contributed by atoms with E-state index in [1.165, 1.54) is 43.2 Å². The highest BCUT2D eigenvalue weighted by molar-refractivity contribution is 5.76. The molecule has 7 heteroatoms. The SMILES string of the molecule is CC(NC(=O)Cn1nc(-c2cccnc2)n(C2CC2)c1=O)C12CC3CC(CC(C3)C1)C2. The normalized spacial score (nSPS) is 32.2. The van der Waals surface area contributed by atoms with Gasteiger partial charge in [0.05, 0.1) is 0 Å². The molecule has 0 aromatic carbocycles. The molecule has 2 heterocycles. The molecule has 5 aliphatic rings. The van der Waals surface area contributed by atoms with Gasteiger partial charge in [-0.3, -0.25) is 14.3 Å². The molecule has 1 unspecified atom stereocenters. The largest absolute Gasteiger partial charge is 0.351 e. The van der Waals surface area contributed by atoms with Crippen molar-refractivity contribution >= 4 is 5.91 Å². The van der Waals surface area contributed by atoms with Crippen molar-refractivity contribution in [3.8, 4) is 11.4 Å². The summed E-state index contributed by atoms with van der Waals surface area (Å²) in [5.74, 6) is 3.06. The molecule has 5 saturated carbocycles. The van der Waals surface area contributed by atoms with Gasteiger partial charge in [0.25, 0.3) is 0 Å². The van der Waals surface area contributed by atoms with E-state index in [9.17, 15) is 9.59 Å². The first kappa shape index (κ1) is 19.3. The van der Waals surface area contributed by atoms with Gasteiger partial charge in [-0.1, -0.05) is 0 Å². The summed E-state index contributed by atoms with van der Waals surface area (Å²) >= 11 is 0. The second kappa shape index (κ2) is 7.04. The molecule has 2 aromatic heterocycles. The van der Waals surface area contributed by atoms with E-state index in [4.69, 9.17) is 0 Å². The lowest BCUT2D eigenvalue weighted by Crippen LogP contribution is -2.56. The molecule has 0 radical (unpaired) electrons. The number of pyridine rings is 1. The van der Waals surface area contributed by atoms with Crippen LogP contribution in [0.4, 0.5) is 0 Å². The standard InChI is InChI=1S/C24H31N5O2/c1-15(24-10-16-7-17(11-24)9-18(8-16)12-24)26-21(30)14-28-23(31)29(20-4-5-20)22(27-28)19-3-2-6-25-13-19/h2-3,6,13,15-18,20H,4-5,7-12,14H2,1H3,(H,26,30). The molecule has 0 spiro atoms. The monoisotopic (exact) mass is 421 g/mol. The fraction of sp³-hybridized carbons (Fsp3) is 0.667. The lowest BCUT2D eigenvalue weighted by atomic mass is 9.48. The van der Waals surface area contributed by atoms with Gasteiger partial charge >= 0.3 is 5.69 Å². The van der Waals surface area contributed by atoms with Crippen molar-refractivity contribution in [2.75, 3.05) is 0 Å². The molecular formula is C24H31N5O2. The van der Waals surface area contributed by atoms with Crippen LogP contribution in [0.3, 0.4) is 0 Å². The fourth-order valence-corrected chi connectivity index (χ4v) is 7.16. The van der Waals surface area contributed by atoms with Crippen LogP contribution in [0.15, 0.2) is 29.3 Å². The first-order chi connectivity index (χ1) is 15.0. The van der Waals surface area contributed by atoms with E-state index in [0.717, 1.165) is 36.2 Å². The Morgan fingerprint density at radius 2 is 1.87 bits per heavy atom. The Bertz CT molecular complexity index is 1020. The maximum atomic E-state index is 13.1. The zero-order chi connectivity index (χ0) is 21.2. The van der Waals surface area contributed by atoms with Gasteiger partial charge < -0.3 is 5.32 Å². The van der Waals surface area contributed by atoms with Crippen LogP contribution in [0.25, 0.3) is 11.4 Å². The van der Waals surface area contributed by atoms with Crippen molar-refractivity contribution in [2.24, 2.45) is 23.2 Å². The number of rotatable bonds is 6. The van der Waals surface area contributed by atoms with Crippen LogP contribution in [0.1, 0.15) is 64.3 Å². The Kier molecular flexibility index (Phi) is 4.37. The van der Waals surface area contributed by atoms with Gasteiger partial charge in [0.15, 0.2) is 5.82 Å². The van der Waals surface area contributed by atoms with Gasteiger partial charge in [-0.15, -0.1) is 5.10 Å². The molecule has 0 saturated heterocycles. The lowest BCUT2D eigenvalue weighted by Gasteiger charge is -2.59. The highest BCUT2D eigenvalue weighted by atomic mass is 16.2. The van der Waals surface area contributed by atoms with Gasteiger partial charge in [0, 0.05) is 30.0 Å². The van der Waals surface area contributed by atoms with E-state index in [0.29, 0.717) is 5.82 Å². The zero-order valence-electron chi connectivity index (χ0n) is 18.2. The Morgan fingerprint density at radius 3 is 2.45 bits per heavy atom. The number of amides is 1. The molecule has 5 aliphatic carbocycles. The van der Waals surface area contributed by atoms with Crippen molar-refractivity contribution in [2.45, 2.75) is 76.9 Å². The number of hydrogen-bond acceptors (Lipinski definition) is 4. The number of nitrogens with one attached hydrogen (secondary N) is 1. The highest BCUT2D eigenvalue weighted by Gasteiger charge is 2.53. The lowest BCUT2D eigenvalue weighted by molar-refractivity contribution is -0.126. The summed E-state index contributed by atoms with van der Waals surface area (Å²) in [5, 5.41) is 7.81. The average molecular weight is 422 g/mol. The first-order valence-corrected chi connectivity index (χ1v) is 11.9. The van der Waals surface area contributed by atoms with E-state index in [-0.39, 0.29) is 35.6 Å². The fourth-order valence-electron chi connectivity index (χ4n) is 7.16. The molecule has 4 bridgehead atoms. The number of nitrogens with zero attached hydrogens (tertiary/aromatic N) is 4. The van der Waals surface area contributed by atoms with Crippen LogP contribution in [0.2, 0.25) is 0 Å². The Balaban J connectivity index is 1.20. The number of hydrogen-bond donors (Lipinski definition) is 1. The minimum atomic E-state index is -0.195.